The van der Waals surface area contributed by atoms with E-state index in [2.05, 4.69) is 26.9 Å². The van der Waals surface area contributed by atoms with Crippen LogP contribution in [0.3, 0.4) is 0 Å². The van der Waals surface area contributed by atoms with Crippen LogP contribution in [0, 0.1) is 12.8 Å². The molecule has 1 saturated carbocycles. The third kappa shape index (κ3) is 4.41. The van der Waals surface area contributed by atoms with Gasteiger partial charge in [-0.3, -0.25) is 14.7 Å². The summed E-state index contributed by atoms with van der Waals surface area (Å²) in [5, 5.41) is 0. The van der Waals surface area contributed by atoms with Gasteiger partial charge in [-0.05, 0) is 62.9 Å². The van der Waals surface area contributed by atoms with Gasteiger partial charge in [-0.15, -0.1) is 0 Å². The van der Waals surface area contributed by atoms with E-state index >= 15 is 0 Å². The van der Waals surface area contributed by atoms with Gasteiger partial charge in [0.2, 0.25) is 5.91 Å². The average Bonchev–Trinajstić information content (AvgIpc) is 3.04. The molecule has 2 aromatic rings. The topological polar surface area (TPSA) is 49.6 Å². The molecule has 5 nitrogen and oxygen atoms in total. The molecule has 2 aromatic heterocycles. The molecule has 0 radical (unpaired) electrons. The minimum Gasteiger partial charge on any atom is -0.465 e. The molecule has 1 amide bonds. The molecule has 2 fully saturated rings. The van der Waals surface area contributed by atoms with Crippen LogP contribution in [0.1, 0.15) is 49.2 Å². The lowest BCUT2D eigenvalue weighted by Crippen LogP contribution is -2.51. The molecule has 1 unspecified atom stereocenters. The molecule has 5 heteroatoms. The van der Waals surface area contributed by atoms with Crippen molar-refractivity contribution in [1.82, 2.24) is 14.8 Å². The molecule has 144 valence electrons. The number of nitrogens with zero attached hydrogens (tertiary/aromatic N) is 3. The number of rotatable bonds is 6. The monoisotopic (exact) mass is 367 g/mol. The number of piperidine rings is 1. The van der Waals surface area contributed by atoms with E-state index in [-0.39, 0.29) is 12.0 Å². The molecule has 1 atom stereocenters. The van der Waals surface area contributed by atoms with Gasteiger partial charge in [-0.1, -0.05) is 12.5 Å². The number of pyridine rings is 1. The minimum atomic E-state index is 0.227. The van der Waals surface area contributed by atoms with E-state index in [4.69, 9.17) is 4.42 Å². The first-order valence-corrected chi connectivity index (χ1v) is 10.2. The van der Waals surface area contributed by atoms with Gasteiger partial charge >= 0.3 is 0 Å². The van der Waals surface area contributed by atoms with Gasteiger partial charge in [-0.2, -0.15) is 0 Å². The summed E-state index contributed by atoms with van der Waals surface area (Å²) in [7, 11) is 0. The Hall–Kier alpha value is -2.14. The Morgan fingerprint density at radius 1 is 1.26 bits per heavy atom. The molecular formula is C22H29N3O2. The summed E-state index contributed by atoms with van der Waals surface area (Å²) in [6.45, 7) is 5.45. The normalized spacial score (nSPS) is 21.0. The molecule has 1 aliphatic carbocycles. The maximum absolute atomic E-state index is 13.2. The van der Waals surface area contributed by atoms with E-state index in [9.17, 15) is 4.79 Å². The summed E-state index contributed by atoms with van der Waals surface area (Å²) in [5.74, 6) is 2.53. The van der Waals surface area contributed by atoms with Crippen LogP contribution in [0.2, 0.25) is 0 Å². The SMILES string of the molecule is Cc1ccc(CN2CCCC(N(Cc3cccnc3)C(=O)C3CCC3)C2)o1. The zero-order valence-electron chi connectivity index (χ0n) is 16.1. The lowest BCUT2D eigenvalue weighted by atomic mass is 9.83. The van der Waals surface area contributed by atoms with Gasteiger partial charge < -0.3 is 9.32 Å². The standard InChI is InChI=1S/C22H29N3O2/c1-17-9-10-21(27-17)16-24-12-4-8-20(15-24)25(22(26)19-6-2-7-19)14-18-5-3-11-23-13-18/h3,5,9-11,13,19-20H,2,4,6-8,12,14-16H2,1H3. The van der Waals surface area contributed by atoms with Crippen LogP contribution >= 0.6 is 0 Å². The fourth-order valence-corrected chi connectivity index (χ4v) is 4.18. The number of carbonyl (C=O) groups excluding carboxylic acids is 1. The molecular weight excluding hydrogens is 338 g/mol. The van der Waals surface area contributed by atoms with Gasteiger partial charge in [0, 0.05) is 37.4 Å². The summed E-state index contributed by atoms with van der Waals surface area (Å²) < 4.78 is 5.76. The third-order valence-electron chi connectivity index (χ3n) is 5.91. The molecule has 3 heterocycles. The fraction of sp³-hybridized carbons (Fsp3) is 0.545. The summed E-state index contributed by atoms with van der Waals surface area (Å²) >= 11 is 0. The highest BCUT2D eigenvalue weighted by Crippen LogP contribution is 2.31. The van der Waals surface area contributed by atoms with Crippen molar-refractivity contribution in [3.05, 3.63) is 53.7 Å². The van der Waals surface area contributed by atoms with Crippen molar-refractivity contribution in [1.29, 1.82) is 0 Å². The van der Waals surface area contributed by atoms with Crippen molar-refractivity contribution in [3.63, 3.8) is 0 Å². The highest BCUT2D eigenvalue weighted by Gasteiger charge is 2.35. The van der Waals surface area contributed by atoms with Crippen LogP contribution in [0.4, 0.5) is 0 Å². The van der Waals surface area contributed by atoms with Gasteiger partial charge in [0.25, 0.3) is 0 Å². The van der Waals surface area contributed by atoms with E-state index in [0.29, 0.717) is 12.5 Å². The Balaban J connectivity index is 1.47. The lowest BCUT2D eigenvalue weighted by Gasteiger charge is -2.41. The number of carbonyl (C=O) groups is 1. The summed E-state index contributed by atoms with van der Waals surface area (Å²) in [6, 6.07) is 8.37. The zero-order chi connectivity index (χ0) is 18.6. The van der Waals surface area contributed by atoms with E-state index in [1.165, 1.54) is 6.42 Å². The van der Waals surface area contributed by atoms with Crippen LogP contribution in [-0.2, 0) is 17.9 Å². The summed E-state index contributed by atoms with van der Waals surface area (Å²) in [6.07, 6.45) is 9.14. The quantitative estimate of drug-likeness (QED) is 0.780. The van der Waals surface area contributed by atoms with Crippen molar-refractivity contribution >= 4 is 5.91 Å². The van der Waals surface area contributed by atoms with E-state index < -0.39 is 0 Å². The first-order chi connectivity index (χ1) is 13.2. The number of amides is 1. The predicted molar refractivity (Wildman–Crippen MR) is 104 cm³/mol. The fourth-order valence-electron chi connectivity index (χ4n) is 4.18. The summed E-state index contributed by atoms with van der Waals surface area (Å²) in [5.41, 5.74) is 1.11. The number of hydrogen-bond acceptors (Lipinski definition) is 4. The maximum atomic E-state index is 13.2. The lowest BCUT2D eigenvalue weighted by molar-refractivity contribution is -0.142. The molecule has 27 heavy (non-hydrogen) atoms. The Labute approximate surface area is 161 Å². The molecule has 1 aliphatic heterocycles. The molecule has 1 saturated heterocycles. The van der Waals surface area contributed by atoms with E-state index in [0.717, 1.165) is 62.4 Å². The van der Waals surface area contributed by atoms with E-state index in [1.807, 2.05) is 25.3 Å². The number of hydrogen-bond donors (Lipinski definition) is 0. The number of aryl methyl sites for hydroxylation is 1. The summed E-state index contributed by atoms with van der Waals surface area (Å²) in [4.78, 5) is 22.0. The number of aromatic nitrogens is 1. The molecule has 4 rings (SSSR count). The van der Waals surface area contributed by atoms with Crippen LogP contribution in [0.5, 0.6) is 0 Å². The van der Waals surface area contributed by atoms with Crippen LogP contribution in [0.15, 0.2) is 41.1 Å². The predicted octanol–water partition coefficient (Wildman–Crippen LogP) is 3.78. The van der Waals surface area contributed by atoms with Gasteiger partial charge in [0.15, 0.2) is 0 Å². The first-order valence-electron chi connectivity index (χ1n) is 10.2. The largest absolute Gasteiger partial charge is 0.465 e. The second-order valence-electron chi connectivity index (χ2n) is 8.00. The second-order valence-corrected chi connectivity index (χ2v) is 8.00. The van der Waals surface area contributed by atoms with Crippen molar-refractivity contribution in [2.24, 2.45) is 5.92 Å². The van der Waals surface area contributed by atoms with Gasteiger partial charge in [0.05, 0.1) is 6.54 Å². The van der Waals surface area contributed by atoms with E-state index in [1.54, 1.807) is 6.20 Å². The van der Waals surface area contributed by atoms with Crippen molar-refractivity contribution < 1.29 is 9.21 Å². The Bertz CT molecular complexity index is 754. The minimum absolute atomic E-state index is 0.227. The maximum Gasteiger partial charge on any atom is 0.226 e. The third-order valence-corrected chi connectivity index (χ3v) is 5.91. The molecule has 2 aliphatic rings. The van der Waals surface area contributed by atoms with Crippen molar-refractivity contribution in [2.45, 2.75) is 58.2 Å². The average molecular weight is 367 g/mol. The molecule has 0 bridgehead atoms. The Kier molecular flexibility index (Phi) is 5.58. The van der Waals surface area contributed by atoms with Gasteiger partial charge in [0.1, 0.15) is 11.5 Å². The number of likely N-dealkylation sites (tertiary alicyclic amines) is 1. The highest BCUT2D eigenvalue weighted by atomic mass is 16.3. The smallest absolute Gasteiger partial charge is 0.226 e. The van der Waals surface area contributed by atoms with Crippen molar-refractivity contribution in [2.75, 3.05) is 13.1 Å². The van der Waals surface area contributed by atoms with Crippen LogP contribution in [0.25, 0.3) is 0 Å². The molecule has 0 aromatic carbocycles. The number of furan rings is 1. The molecule has 0 N–H and O–H groups in total. The first kappa shape index (κ1) is 18.2. The zero-order valence-corrected chi connectivity index (χ0v) is 16.1. The Morgan fingerprint density at radius 3 is 2.81 bits per heavy atom. The Morgan fingerprint density at radius 2 is 2.15 bits per heavy atom. The van der Waals surface area contributed by atoms with Gasteiger partial charge in [-0.25, -0.2) is 0 Å². The van der Waals surface area contributed by atoms with Crippen LogP contribution in [-0.4, -0.2) is 39.8 Å². The molecule has 0 spiro atoms. The highest BCUT2D eigenvalue weighted by molar-refractivity contribution is 5.80. The van der Waals surface area contributed by atoms with Crippen LogP contribution < -0.4 is 0 Å². The second kappa shape index (κ2) is 8.26. The van der Waals surface area contributed by atoms with Crippen molar-refractivity contribution in [3.8, 4) is 0 Å².